The lowest BCUT2D eigenvalue weighted by molar-refractivity contribution is 0.786. The van der Waals surface area contributed by atoms with Gasteiger partial charge in [0.15, 0.2) is 5.16 Å². The number of hydrogen-bond acceptors (Lipinski definition) is 6. The van der Waals surface area contributed by atoms with E-state index in [0.29, 0.717) is 5.95 Å². The Balaban J connectivity index is 2.18. The predicted octanol–water partition coefficient (Wildman–Crippen LogP) is 1.89. The van der Waals surface area contributed by atoms with Crippen molar-refractivity contribution in [2.24, 2.45) is 7.05 Å². The van der Waals surface area contributed by atoms with Crippen molar-refractivity contribution in [3.8, 4) is 0 Å². The van der Waals surface area contributed by atoms with E-state index in [2.05, 4.69) is 32.4 Å². The van der Waals surface area contributed by atoms with Crippen LogP contribution in [0.2, 0.25) is 0 Å². The maximum atomic E-state index is 4.49. The first kappa shape index (κ1) is 12.8. The standard InChI is InChI=1S/C11H16N6S/c1-4-5-12-10-13-6-8(2)9(15-10)18-11-16-14-7-17(11)3/h6-7H,4-5H2,1-3H3,(H,12,13,15). The molecule has 2 rings (SSSR count). The zero-order chi connectivity index (χ0) is 13.0. The van der Waals surface area contributed by atoms with E-state index in [1.165, 1.54) is 11.8 Å². The van der Waals surface area contributed by atoms with Crippen molar-refractivity contribution in [1.29, 1.82) is 0 Å². The van der Waals surface area contributed by atoms with Crippen molar-refractivity contribution < 1.29 is 0 Å². The molecule has 7 heteroatoms. The quantitative estimate of drug-likeness (QED) is 0.832. The molecule has 0 atom stereocenters. The van der Waals surface area contributed by atoms with Gasteiger partial charge in [0.25, 0.3) is 0 Å². The van der Waals surface area contributed by atoms with E-state index in [1.54, 1.807) is 6.33 Å². The van der Waals surface area contributed by atoms with E-state index < -0.39 is 0 Å². The molecule has 0 radical (unpaired) electrons. The monoisotopic (exact) mass is 264 g/mol. The van der Waals surface area contributed by atoms with Crippen molar-refractivity contribution in [2.75, 3.05) is 11.9 Å². The molecule has 0 aliphatic carbocycles. The van der Waals surface area contributed by atoms with Gasteiger partial charge in [0.1, 0.15) is 11.4 Å². The predicted molar refractivity (Wildman–Crippen MR) is 70.7 cm³/mol. The van der Waals surface area contributed by atoms with Crippen molar-refractivity contribution in [3.63, 3.8) is 0 Å². The van der Waals surface area contributed by atoms with Gasteiger partial charge in [-0.2, -0.15) is 0 Å². The number of aromatic nitrogens is 5. The van der Waals surface area contributed by atoms with Crippen LogP contribution in [-0.2, 0) is 7.05 Å². The maximum Gasteiger partial charge on any atom is 0.223 e. The van der Waals surface area contributed by atoms with Crippen LogP contribution in [0.1, 0.15) is 18.9 Å². The molecule has 0 spiro atoms. The second-order valence-electron chi connectivity index (χ2n) is 3.94. The molecule has 6 nitrogen and oxygen atoms in total. The van der Waals surface area contributed by atoms with Gasteiger partial charge < -0.3 is 9.88 Å². The largest absolute Gasteiger partial charge is 0.354 e. The van der Waals surface area contributed by atoms with Gasteiger partial charge in [-0.3, -0.25) is 0 Å². The third-order valence-corrected chi connectivity index (χ3v) is 3.48. The molecular weight excluding hydrogens is 248 g/mol. The fraction of sp³-hybridized carbons (Fsp3) is 0.455. The summed E-state index contributed by atoms with van der Waals surface area (Å²) in [6, 6.07) is 0. The van der Waals surface area contributed by atoms with Gasteiger partial charge in [0.05, 0.1) is 0 Å². The summed E-state index contributed by atoms with van der Waals surface area (Å²) in [5.74, 6) is 0.659. The third-order valence-electron chi connectivity index (χ3n) is 2.32. The normalized spacial score (nSPS) is 10.6. The second-order valence-corrected chi connectivity index (χ2v) is 4.89. The minimum atomic E-state index is 0.659. The number of nitrogens with zero attached hydrogens (tertiary/aromatic N) is 5. The van der Waals surface area contributed by atoms with Gasteiger partial charge in [0, 0.05) is 25.4 Å². The first-order valence-corrected chi connectivity index (χ1v) is 6.61. The van der Waals surface area contributed by atoms with Gasteiger partial charge in [-0.25, -0.2) is 9.97 Å². The molecule has 96 valence electrons. The third kappa shape index (κ3) is 2.98. The van der Waals surface area contributed by atoms with Crippen LogP contribution in [0.4, 0.5) is 5.95 Å². The summed E-state index contributed by atoms with van der Waals surface area (Å²) in [5.41, 5.74) is 1.03. The van der Waals surface area contributed by atoms with Gasteiger partial charge >= 0.3 is 0 Å². The van der Waals surface area contributed by atoms with Crippen molar-refractivity contribution in [3.05, 3.63) is 18.1 Å². The maximum absolute atomic E-state index is 4.49. The summed E-state index contributed by atoms with van der Waals surface area (Å²) in [4.78, 5) is 8.74. The van der Waals surface area contributed by atoms with Crippen LogP contribution in [0.15, 0.2) is 22.7 Å². The molecule has 0 saturated heterocycles. The van der Waals surface area contributed by atoms with Crippen LogP contribution in [0.3, 0.4) is 0 Å². The number of rotatable bonds is 5. The molecule has 0 aliphatic heterocycles. The molecule has 2 heterocycles. The van der Waals surface area contributed by atoms with Crippen molar-refractivity contribution in [1.82, 2.24) is 24.7 Å². The Morgan fingerprint density at radius 1 is 1.44 bits per heavy atom. The molecule has 2 aromatic rings. The highest BCUT2D eigenvalue weighted by Crippen LogP contribution is 2.26. The van der Waals surface area contributed by atoms with Crippen LogP contribution in [0.25, 0.3) is 0 Å². The Bertz CT molecular complexity index is 524. The molecule has 0 unspecified atom stereocenters. The first-order chi connectivity index (χ1) is 8.70. The molecule has 0 aliphatic rings. The minimum absolute atomic E-state index is 0.659. The summed E-state index contributed by atoms with van der Waals surface area (Å²) >= 11 is 1.49. The SMILES string of the molecule is CCCNc1ncc(C)c(Sc2nncn2C)n1. The number of hydrogen-bond donors (Lipinski definition) is 1. The van der Waals surface area contributed by atoms with Gasteiger partial charge in [-0.05, 0) is 25.1 Å². The van der Waals surface area contributed by atoms with Crippen LogP contribution < -0.4 is 5.32 Å². The average Bonchev–Trinajstić information content (AvgIpc) is 2.76. The Morgan fingerprint density at radius 2 is 2.28 bits per heavy atom. The molecule has 0 bridgehead atoms. The van der Waals surface area contributed by atoms with Crippen LogP contribution in [-0.4, -0.2) is 31.3 Å². The molecule has 2 aromatic heterocycles. The molecular formula is C11H16N6S. The highest BCUT2D eigenvalue weighted by molar-refractivity contribution is 7.99. The molecule has 18 heavy (non-hydrogen) atoms. The van der Waals surface area contributed by atoms with Crippen LogP contribution >= 0.6 is 11.8 Å². The zero-order valence-electron chi connectivity index (χ0n) is 10.7. The highest BCUT2D eigenvalue weighted by Gasteiger charge is 2.09. The van der Waals surface area contributed by atoms with E-state index in [4.69, 9.17) is 0 Å². The molecule has 0 saturated carbocycles. The fourth-order valence-corrected chi connectivity index (χ4v) is 2.10. The van der Waals surface area contributed by atoms with Crippen molar-refractivity contribution in [2.45, 2.75) is 30.5 Å². The van der Waals surface area contributed by atoms with E-state index in [-0.39, 0.29) is 0 Å². The Hall–Kier alpha value is -1.63. The molecule has 0 amide bonds. The summed E-state index contributed by atoms with van der Waals surface area (Å²) in [6.45, 7) is 4.97. The van der Waals surface area contributed by atoms with E-state index >= 15 is 0 Å². The summed E-state index contributed by atoms with van der Waals surface area (Å²) in [5, 5.41) is 12.8. The van der Waals surface area contributed by atoms with E-state index in [0.717, 1.165) is 28.7 Å². The Labute approximate surface area is 110 Å². The van der Waals surface area contributed by atoms with Gasteiger partial charge in [-0.15, -0.1) is 10.2 Å². The summed E-state index contributed by atoms with van der Waals surface area (Å²) < 4.78 is 1.87. The van der Waals surface area contributed by atoms with Crippen LogP contribution in [0, 0.1) is 6.92 Å². The van der Waals surface area contributed by atoms with Crippen molar-refractivity contribution >= 4 is 17.7 Å². The van der Waals surface area contributed by atoms with Gasteiger partial charge in [0.2, 0.25) is 5.95 Å². The van der Waals surface area contributed by atoms with Gasteiger partial charge in [-0.1, -0.05) is 6.92 Å². The van der Waals surface area contributed by atoms with E-state index in [1.807, 2.05) is 24.7 Å². The topological polar surface area (TPSA) is 68.5 Å². The minimum Gasteiger partial charge on any atom is -0.354 e. The Morgan fingerprint density at radius 3 is 2.94 bits per heavy atom. The number of aryl methyl sites for hydroxylation is 2. The summed E-state index contributed by atoms with van der Waals surface area (Å²) in [6.07, 6.45) is 4.54. The smallest absolute Gasteiger partial charge is 0.223 e. The second kappa shape index (κ2) is 5.81. The lowest BCUT2D eigenvalue weighted by Gasteiger charge is -2.07. The van der Waals surface area contributed by atoms with E-state index in [9.17, 15) is 0 Å². The lowest BCUT2D eigenvalue weighted by Crippen LogP contribution is -2.05. The highest BCUT2D eigenvalue weighted by atomic mass is 32.2. The zero-order valence-corrected chi connectivity index (χ0v) is 11.5. The summed E-state index contributed by atoms with van der Waals surface area (Å²) in [7, 11) is 1.91. The molecule has 0 fully saturated rings. The molecule has 1 N–H and O–H groups in total. The average molecular weight is 264 g/mol. The number of anilines is 1. The number of nitrogens with one attached hydrogen (secondary N) is 1. The lowest BCUT2D eigenvalue weighted by atomic mass is 10.4. The first-order valence-electron chi connectivity index (χ1n) is 5.80. The Kier molecular flexibility index (Phi) is 4.14. The molecule has 0 aromatic carbocycles. The van der Waals surface area contributed by atoms with Crippen LogP contribution in [0.5, 0.6) is 0 Å². The fourth-order valence-electron chi connectivity index (χ4n) is 1.30.